The number of aryl methyl sites for hydroxylation is 1. The van der Waals surface area contributed by atoms with E-state index in [0.717, 1.165) is 19.7 Å². The predicted molar refractivity (Wildman–Crippen MR) is 71.3 cm³/mol. The average Bonchev–Trinajstić information content (AvgIpc) is 2.78. The molecule has 0 bridgehead atoms. The third-order valence-electron chi connectivity index (χ3n) is 3.48. The van der Waals surface area contributed by atoms with Gasteiger partial charge in [-0.2, -0.15) is 0 Å². The lowest BCUT2D eigenvalue weighted by Gasteiger charge is -2.22. The molecule has 2 N–H and O–H groups in total. The van der Waals surface area contributed by atoms with E-state index >= 15 is 0 Å². The summed E-state index contributed by atoms with van der Waals surface area (Å²) in [6, 6.07) is 6.56. The molecule has 0 aliphatic carbocycles. The normalized spacial score (nSPS) is 19.9. The molecular formula is C14H22N2O. The smallest absolute Gasteiger partial charge is 0.0508 e. The Morgan fingerprint density at radius 3 is 3.00 bits per heavy atom. The van der Waals surface area contributed by atoms with Gasteiger partial charge in [0.25, 0.3) is 0 Å². The second-order valence-corrected chi connectivity index (χ2v) is 4.89. The van der Waals surface area contributed by atoms with Crippen molar-refractivity contribution in [3.05, 3.63) is 29.3 Å². The van der Waals surface area contributed by atoms with Crippen LogP contribution in [0.15, 0.2) is 18.2 Å². The van der Waals surface area contributed by atoms with Gasteiger partial charge in [-0.25, -0.2) is 0 Å². The Morgan fingerprint density at radius 2 is 2.29 bits per heavy atom. The molecule has 0 saturated carbocycles. The number of hydrogen-bond acceptors (Lipinski definition) is 3. The quantitative estimate of drug-likeness (QED) is 0.865. The van der Waals surface area contributed by atoms with Gasteiger partial charge >= 0.3 is 0 Å². The van der Waals surface area contributed by atoms with Crippen LogP contribution < -0.4 is 10.6 Å². The maximum atomic E-state index is 5.83. The summed E-state index contributed by atoms with van der Waals surface area (Å²) in [7, 11) is 1.78. The lowest BCUT2D eigenvalue weighted by atomic mass is 10.1. The van der Waals surface area contributed by atoms with E-state index in [4.69, 9.17) is 10.5 Å². The van der Waals surface area contributed by atoms with Crippen molar-refractivity contribution >= 4 is 5.69 Å². The summed E-state index contributed by atoms with van der Waals surface area (Å²) in [5.41, 5.74) is 9.66. The van der Waals surface area contributed by atoms with Crippen molar-refractivity contribution in [1.29, 1.82) is 0 Å². The summed E-state index contributed by atoms with van der Waals surface area (Å²) in [4.78, 5) is 2.44. The molecule has 94 valence electrons. The van der Waals surface area contributed by atoms with Gasteiger partial charge in [0.1, 0.15) is 0 Å². The highest BCUT2D eigenvalue weighted by atomic mass is 16.5. The van der Waals surface area contributed by atoms with Gasteiger partial charge in [-0.1, -0.05) is 17.7 Å². The Labute approximate surface area is 104 Å². The summed E-state index contributed by atoms with van der Waals surface area (Å²) < 4.78 is 5.23. The summed E-state index contributed by atoms with van der Waals surface area (Å²) in [5.74, 6) is 0.659. The first-order chi connectivity index (χ1) is 8.24. The maximum absolute atomic E-state index is 5.83. The van der Waals surface area contributed by atoms with Crippen LogP contribution in [0.25, 0.3) is 0 Å². The van der Waals surface area contributed by atoms with Crippen molar-refractivity contribution in [3.63, 3.8) is 0 Å². The van der Waals surface area contributed by atoms with Crippen molar-refractivity contribution in [3.8, 4) is 0 Å². The number of benzene rings is 1. The Balaban J connectivity index is 2.12. The standard InChI is InChI=1S/C14H22N2O/c1-11-3-4-14(13(7-11)8-15)16-6-5-12(9-16)10-17-2/h3-4,7,12H,5-6,8-10,15H2,1-2H3. The molecular weight excluding hydrogens is 212 g/mol. The highest BCUT2D eigenvalue weighted by Crippen LogP contribution is 2.27. The monoisotopic (exact) mass is 234 g/mol. The molecule has 1 atom stereocenters. The van der Waals surface area contributed by atoms with Crippen LogP contribution in [0.3, 0.4) is 0 Å². The van der Waals surface area contributed by atoms with E-state index in [-0.39, 0.29) is 0 Å². The summed E-state index contributed by atoms with van der Waals surface area (Å²) in [6.45, 7) is 5.79. The van der Waals surface area contributed by atoms with Crippen LogP contribution >= 0.6 is 0 Å². The van der Waals surface area contributed by atoms with Gasteiger partial charge < -0.3 is 15.4 Å². The molecule has 1 saturated heterocycles. The number of rotatable bonds is 4. The van der Waals surface area contributed by atoms with Crippen LogP contribution in [0, 0.1) is 12.8 Å². The van der Waals surface area contributed by atoms with Gasteiger partial charge in [0, 0.05) is 38.3 Å². The van der Waals surface area contributed by atoms with Gasteiger partial charge in [0.05, 0.1) is 6.61 Å². The Hall–Kier alpha value is -1.06. The third-order valence-corrected chi connectivity index (χ3v) is 3.48. The van der Waals surface area contributed by atoms with E-state index in [1.54, 1.807) is 7.11 Å². The van der Waals surface area contributed by atoms with E-state index in [2.05, 4.69) is 30.0 Å². The van der Waals surface area contributed by atoms with Gasteiger partial charge in [-0.3, -0.25) is 0 Å². The Bertz CT molecular complexity index is 378. The second kappa shape index (κ2) is 5.52. The minimum absolute atomic E-state index is 0.614. The fraction of sp³-hybridized carbons (Fsp3) is 0.571. The number of nitrogens with zero attached hydrogens (tertiary/aromatic N) is 1. The van der Waals surface area contributed by atoms with Gasteiger partial charge in [0.15, 0.2) is 0 Å². The van der Waals surface area contributed by atoms with E-state index < -0.39 is 0 Å². The van der Waals surface area contributed by atoms with Gasteiger partial charge in [-0.15, -0.1) is 0 Å². The molecule has 17 heavy (non-hydrogen) atoms. The molecule has 3 heteroatoms. The molecule has 1 heterocycles. The topological polar surface area (TPSA) is 38.5 Å². The number of hydrogen-bond donors (Lipinski definition) is 1. The molecule has 0 spiro atoms. The third kappa shape index (κ3) is 2.79. The van der Waals surface area contributed by atoms with E-state index in [9.17, 15) is 0 Å². The SMILES string of the molecule is COCC1CCN(c2ccc(C)cc2CN)C1. The van der Waals surface area contributed by atoms with Crippen molar-refractivity contribution in [2.75, 3.05) is 31.7 Å². The highest BCUT2D eigenvalue weighted by Gasteiger charge is 2.23. The van der Waals surface area contributed by atoms with Crippen LogP contribution in [0.2, 0.25) is 0 Å². The minimum atomic E-state index is 0.614. The first-order valence-electron chi connectivity index (χ1n) is 6.28. The van der Waals surface area contributed by atoms with Gasteiger partial charge in [0.2, 0.25) is 0 Å². The molecule has 0 radical (unpaired) electrons. The molecule has 0 amide bonds. The number of ether oxygens (including phenoxy) is 1. The van der Waals surface area contributed by atoms with E-state index in [1.165, 1.54) is 23.2 Å². The molecule has 0 aromatic heterocycles. The Kier molecular flexibility index (Phi) is 4.02. The van der Waals surface area contributed by atoms with Crippen molar-refractivity contribution in [1.82, 2.24) is 0 Å². The van der Waals surface area contributed by atoms with E-state index in [0.29, 0.717) is 12.5 Å². The van der Waals surface area contributed by atoms with Crippen LogP contribution in [-0.4, -0.2) is 26.8 Å². The van der Waals surface area contributed by atoms with Gasteiger partial charge in [-0.05, 0) is 25.0 Å². The summed E-state index contributed by atoms with van der Waals surface area (Å²) in [6.07, 6.45) is 1.21. The molecule has 3 nitrogen and oxygen atoms in total. The number of nitrogens with two attached hydrogens (primary N) is 1. The lowest BCUT2D eigenvalue weighted by Crippen LogP contribution is -2.22. The zero-order chi connectivity index (χ0) is 12.3. The van der Waals surface area contributed by atoms with Crippen LogP contribution in [-0.2, 0) is 11.3 Å². The summed E-state index contributed by atoms with van der Waals surface area (Å²) in [5, 5.41) is 0. The maximum Gasteiger partial charge on any atom is 0.0508 e. The first kappa shape index (κ1) is 12.4. The molecule has 1 aromatic rings. The fourth-order valence-electron chi connectivity index (χ4n) is 2.61. The predicted octanol–water partition coefficient (Wildman–Crippen LogP) is 1.93. The molecule has 1 unspecified atom stereocenters. The fourth-order valence-corrected chi connectivity index (χ4v) is 2.61. The van der Waals surface area contributed by atoms with E-state index in [1.807, 2.05) is 0 Å². The zero-order valence-corrected chi connectivity index (χ0v) is 10.8. The zero-order valence-electron chi connectivity index (χ0n) is 10.8. The minimum Gasteiger partial charge on any atom is -0.384 e. The molecule has 1 aliphatic rings. The summed E-state index contributed by atoms with van der Waals surface area (Å²) >= 11 is 0. The van der Waals surface area contributed by atoms with Crippen molar-refractivity contribution < 1.29 is 4.74 Å². The van der Waals surface area contributed by atoms with Crippen LogP contribution in [0.4, 0.5) is 5.69 Å². The largest absolute Gasteiger partial charge is 0.384 e. The second-order valence-electron chi connectivity index (χ2n) is 4.89. The first-order valence-corrected chi connectivity index (χ1v) is 6.28. The molecule has 1 aliphatic heterocycles. The Morgan fingerprint density at radius 1 is 1.47 bits per heavy atom. The van der Waals surface area contributed by atoms with Crippen LogP contribution in [0.1, 0.15) is 17.5 Å². The highest BCUT2D eigenvalue weighted by molar-refractivity contribution is 5.55. The lowest BCUT2D eigenvalue weighted by molar-refractivity contribution is 0.161. The molecule has 2 rings (SSSR count). The van der Waals surface area contributed by atoms with Crippen LogP contribution in [0.5, 0.6) is 0 Å². The number of methoxy groups -OCH3 is 1. The average molecular weight is 234 g/mol. The van der Waals surface area contributed by atoms with Crippen molar-refractivity contribution in [2.24, 2.45) is 11.7 Å². The number of anilines is 1. The molecule has 1 aromatic carbocycles. The van der Waals surface area contributed by atoms with Crippen molar-refractivity contribution in [2.45, 2.75) is 19.9 Å². The molecule has 1 fully saturated rings.